The molecule has 4 heterocycles. The van der Waals surface area contributed by atoms with E-state index in [9.17, 15) is 0 Å². The molecule has 0 amide bonds. The number of nitrogens with one attached hydrogen (secondary N) is 1. The Morgan fingerprint density at radius 2 is 2.12 bits per heavy atom. The maximum Gasteiger partial charge on any atom is 0.178 e. The van der Waals surface area contributed by atoms with Crippen LogP contribution in [-0.4, -0.2) is 44.4 Å². The van der Waals surface area contributed by atoms with Gasteiger partial charge in [-0.3, -0.25) is 0 Å². The van der Waals surface area contributed by atoms with Gasteiger partial charge in [0.15, 0.2) is 11.5 Å². The number of aromatic nitrogens is 5. The van der Waals surface area contributed by atoms with Crippen molar-refractivity contribution in [3.05, 3.63) is 34.5 Å². The van der Waals surface area contributed by atoms with E-state index >= 15 is 0 Å². The molecule has 130 valence electrons. The van der Waals surface area contributed by atoms with Crippen LogP contribution < -0.4 is 10.2 Å². The summed E-state index contributed by atoms with van der Waals surface area (Å²) in [6, 6.07) is 4.10. The number of fused-ring (bicyclic) bond motifs is 1. The molecule has 2 fully saturated rings. The van der Waals surface area contributed by atoms with Crippen LogP contribution in [0.2, 0.25) is 0 Å². The summed E-state index contributed by atoms with van der Waals surface area (Å²) in [6.45, 7) is 3.97. The highest BCUT2D eigenvalue weighted by Gasteiger charge is 2.29. The van der Waals surface area contributed by atoms with Crippen LogP contribution >= 0.6 is 11.3 Å². The van der Waals surface area contributed by atoms with Crippen LogP contribution in [0, 0.1) is 5.92 Å². The van der Waals surface area contributed by atoms with Gasteiger partial charge in [0, 0.05) is 43.4 Å². The molecule has 3 aromatic heterocycles. The minimum atomic E-state index is 0.539. The van der Waals surface area contributed by atoms with Crippen LogP contribution in [0.4, 0.5) is 5.82 Å². The fourth-order valence-corrected chi connectivity index (χ4v) is 4.06. The number of hydrogen-bond acceptors (Lipinski definition) is 7. The number of anilines is 1. The first kappa shape index (κ1) is 15.2. The van der Waals surface area contributed by atoms with Gasteiger partial charge < -0.3 is 10.2 Å². The summed E-state index contributed by atoms with van der Waals surface area (Å²) in [6.07, 6.45) is 3.72. The quantitative estimate of drug-likeness (QED) is 0.730. The van der Waals surface area contributed by atoms with Gasteiger partial charge in [-0.25, -0.2) is 4.98 Å². The van der Waals surface area contributed by atoms with Crippen molar-refractivity contribution in [2.75, 3.05) is 24.5 Å². The third-order valence-corrected chi connectivity index (χ3v) is 5.88. The molecule has 0 spiro atoms. The lowest BCUT2D eigenvalue weighted by Crippen LogP contribution is -2.51. The highest BCUT2D eigenvalue weighted by Crippen LogP contribution is 2.35. The fourth-order valence-electron chi connectivity index (χ4n) is 3.50. The molecule has 1 saturated heterocycles. The Balaban J connectivity index is 1.20. The lowest BCUT2D eigenvalue weighted by atomic mass is 9.85. The van der Waals surface area contributed by atoms with E-state index in [0.717, 1.165) is 49.2 Å². The van der Waals surface area contributed by atoms with Gasteiger partial charge in [0.25, 0.3) is 0 Å². The first-order chi connectivity index (χ1) is 12.4. The maximum absolute atomic E-state index is 4.80. The lowest BCUT2D eigenvalue weighted by molar-refractivity contribution is 0.378. The molecule has 0 aromatic carbocycles. The molecule has 5 rings (SSSR count). The van der Waals surface area contributed by atoms with Gasteiger partial charge in [-0.05, 0) is 25.0 Å². The normalized spacial score (nSPS) is 18.5. The molecule has 1 saturated carbocycles. The van der Waals surface area contributed by atoms with Crippen LogP contribution in [0.15, 0.2) is 23.0 Å². The third-order valence-electron chi connectivity index (χ3n) is 5.25. The third kappa shape index (κ3) is 2.89. The van der Waals surface area contributed by atoms with E-state index in [4.69, 9.17) is 5.10 Å². The number of nitrogens with zero attached hydrogens (tertiary/aromatic N) is 6. The Morgan fingerprint density at radius 3 is 2.88 bits per heavy atom. The summed E-state index contributed by atoms with van der Waals surface area (Å²) >= 11 is 1.65. The van der Waals surface area contributed by atoms with Gasteiger partial charge in [-0.2, -0.15) is 4.52 Å². The fraction of sp³-hybridized carbons (Fsp3) is 0.529. The molecule has 0 unspecified atom stereocenters. The number of thiazole rings is 1. The molecular formula is C17H21N7S. The van der Waals surface area contributed by atoms with Gasteiger partial charge in [0.05, 0.1) is 11.2 Å². The van der Waals surface area contributed by atoms with E-state index < -0.39 is 0 Å². The molecule has 1 aliphatic heterocycles. The number of hydrogen-bond donors (Lipinski definition) is 1. The minimum Gasteiger partial charge on any atom is -0.354 e. The molecule has 0 bridgehead atoms. The van der Waals surface area contributed by atoms with E-state index in [1.165, 1.54) is 19.3 Å². The second-order valence-electron chi connectivity index (χ2n) is 7.03. The first-order valence-electron chi connectivity index (χ1n) is 8.92. The van der Waals surface area contributed by atoms with Crippen molar-refractivity contribution in [3.63, 3.8) is 0 Å². The summed E-state index contributed by atoms with van der Waals surface area (Å²) in [7, 11) is 0. The van der Waals surface area contributed by atoms with Crippen LogP contribution in [0.25, 0.3) is 5.65 Å². The molecule has 3 aromatic rings. The Morgan fingerprint density at radius 1 is 1.20 bits per heavy atom. The van der Waals surface area contributed by atoms with Crippen molar-refractivity contribution >= 4 is 22.8 Å². The van der Waals surface area contributed by atoms with Gasteiger partial charge in [0.2, 0.25) is 0 Å². The zero-order valence-corrected chi connectivity index (χ0v) is 14.8. The van der Waals surface area contributed by atoms with Gasteiger partial charge >= 0.3 is 0 Å². The summed E-state index contributed by atoms with van der Waals surface area (Å²) in [5, 5.41) is 19.0. The van der Waals surface area contributed by atoms with Crippen LogP contribution in [0.1, 0.15) is 36.7 Å². The van der Waals surface area contributed by atoms with Crippen LogP contribution in [-0.2, 0) is 6.54 Å². The van der Waals surface area contributed by atoms with Crippen molar-refractivity contribution in [1.82, 2.24) is 30.1 Å². The van der Waals surface area contributed by atoms with Crippen molar-refractivity contribution in [2.45, 2.75) is 31.7 Å². The van der Waals surface area contributed by atoms with Crippen LogP contribution in [0.3, 0.4) is 0 Å². The molecule has 0 atom stereocenters. The highest BCUT2D eigenvalue weighted by molar-refractivity contribution is 7.07. The van der Waals surface area contributed by atoms with E-state index in [1.54, 1.807) is 11.3 Å². The second-order valence-corrected chi connectivity index (χ2v) is 7.75. The zero-order chi connectivity index (χ0) is 16.6. The SMILES string of the molecule is c1nc(CNCC2CN(c3ccc4nnc(C5CCC5)n4n3)C2)cs1. The molecule has 25 heavy (non-hydrogen) atoms. The van der Waals surface area contributed by atoms with Gasteiger partial charge in [0.1, 0.15) is 5.82 Å². The monoisotopic (exact) mass is 355 g/mol. The average molecular weight is 355 g/mol. The number of rotatable bonds is 6. The van der Waals surface area contributed by atoms with Crippen molar-refractivity contribution in [3.8, 4) is 0 Å². The predicted octanol–water partition coefficient (Wildman–Crippen LogP) is 2.07. The van der Waals surface area contributed by atoms with E-state index in [0.29, 0.717) is 11.8 Å². The van der Waals surface area contributed by atoms with Crippen molar-refractivity contribution < 1.29 is 0 Å². The Hall–Kier alpha value is -2.06. The highest BCUT2D eigenvalue weighted by atomic mass is 32.1. The minimum absolute atomic E-state index is 0.539. The molecule has 7 nitrogen and oxygen atoms in total. The molecule has 8 heteroatoms. The van der Waals surface area contributed by atoms with E-state index in [-0.39, 0.29) is 0 Å². The standard InChI is InChI=1S/C17H21N7S/c1-2-13(3-1)17-21-20-15-4-5-16(22-24(15)17)23-8-12(9-23)6-18-7-14-10-25-11-19-14/h4-5,10-13,18H,1-3,6-9H2. The molecule has 1 N–H and O–H groups in total. The molecule has 2 aliphatic rings. The van der Waals surface area contributed by atoms with E-state index in [2.05, 4.69) is 36.8 Å². The molecular weight excluding hydrogens is 334 g/mol. The first-order valence-corrected chi connectivity index (χ1v) is 9.86. The zero-order valence-electron chi connectivity index (χ0n) is 14.0. The van der Waals surface area contributed by atoms with Crippen LogP contribution in [0.5, 0.6) is 0 Å². The van der Waals surface area contributed by atoms with Crippen molar-refractivity contribution in [2.24, 2.45) is 5.92 Å². The maximum atomic E-state index is 4.80. The lowest BCUT2D eigenvalue weighted by Gasteiger charge is -2.40. The van der Waals surface area contributed by atoms with Crippen molar-refractivity contribution in [1.29, 1.82) is 0 Å². The second kappa shape index (κ2) is 6.34. The Labute approximate surface area is 150 Å². The summed E-state index contributed by atoms with van der Waals surface area (Å²) in [4.78, 5) is 6.63. The smallest absolute Gasteiger partial charge is 0.178 e. The summed E-state index contributed by atoms with van der Waals surface area (Å²) < 4.78 is 1.95. The average Bonchev–Trinajstić information content (AvgIpc) is 3.18. The van der Waals surface area contributed by atoms with Gasteiger partial charge in [-0.1, -0.05) is 6.42 Å². The predicted molar refractivity (Wildman–Crippen MR) is 96.9 cm³/mol. The van der Waals surface area contributed by atoms with E-state index in [1.807, 2.05) is 16.1 Å². The summed E-state index contributed by atoms with van der Waals surface area (Å²) in [5.74, 6) is 3.27. The largest absolute Gasteiger partial charge is 0.354 e. The molecule has 1 aliphatic carbocycles. The topological polar surface area (TPSA) is 71.2 Å². The molecule has 0 radical (unpaired) electrons. The van der Waals surface area contributed by atoms with Gasteiger partial charge in [-0.15, -0.1) is 26.6 Å². The summed E-state index contributed by atoms with van der Waals surface area (Å²) in [5.41, 5.74) is 3.87. The Kier molecular flexibility index (Phi) is 3.86. The Bertz CT molecular complexity index is 849.